The second-order valence-corrected chi connectivity index (χ2v) is 5.99. The minimum atomic E-state index is 0.786. The van der Waals surface area contributed by atoms with E-state index in [1.807, 2.05) is 30.5 Å². The molecule has 0 unspecified atom stereocenters. The van der Waals surface area contributed by atoms with Crippen molar-refractivity contribution >= 4 is 43.4 Å². The molecule has 0 spiro atoms. The Kier molecular flexibility index (Phi) is 4.82. The van der Waals surface area contributed by atoms with Gasteiger partial charge in [-0.25, -0.2) is 4.98 Å². The van der Waals surface area contributed by atoms with Gasteiger partial charge in [0.1, 0.15) is 5.82 Å². The molecule has 0 fully saturated rings. The number of aromatic nitrogens is 1. The summed E-state index contributed by atoms with van der Waals surface area (Å²) in [5, 5.41) is 0. The van der Waals surface area contributed by atoms with Crippen LogP contribution >= 0.6 is 31.9 Å². The van der Waals surface area contributed by atoms with Gasteiger partial charge < -0.3 is 10.6 Å². The summed E-state index contributed by atoms with van der Waals surface area (Å²) >= 11 is 6.97. The van der Waals surface area contributed by atoms with Crippen molar-refractivity contribution in [3.63, 3.8) is 0 Å². The molecule has 19 heavy (non-hydrogen) atoms. The molecule has 0 aliphatic heterocycles. The molecular weight excluding hydrogens is 370 g/mol. The van der Waals surface area contributed by atoms with E-state index >= 15 is 0 Å². The summed E-state index contributed by atoms with van der Waals surface area (Å²) in [4.78, 5) is 6.67. The zero-order valence-corrected chi connectivity index (χ0v) is 13.8. The Hall–Kier alpha value is -1.07. The maximum atomic E-state index is 5.81. The van der Waals surface area contributed by atoms with Gasteiger partial charge in [0.25, 0.3) is 0 Å². The van der Waals surface area contributed by atoms with Crippen LogP contribution in [0.15, 0.2) is 45.5 Å². The van der Waals surface area contributed by atoms with Gasteiger partial charge in [0.05, 0.1) is 4.47 Å². The first-order valence-electron chi connectivity index (χ1n) is 6.00. The van der Waals surface area contributed by atoms with Crippen LogP contribution in [0.4, 0.5) is 11.5 Å². The van der Waals surface area contributed by atoms with Crippen LogP contribution in [0.5, 0.6) is 0 Å². The van der Waals surface area contributed by atoms with E-state index in [0.29, 0.717) is 0 Å². The zero-order valence-electron chi connectivity index (χ0n) is 10.6. The van der Waals surface area contributed by atoms with Gasteiger partial charge in [0, 0.05) is 29.4 Å². The lowest BCUT2D eigenvalue weighted by Gasteiger charge is -2.23. The lowest BCUT2D eigenvalue weighted by atomic mass is 10.2. The van der Waals surface area contributed by atoms with Gasteiger partial charge in [-0.1, -0.05) is 12.1 Å². The lowest BCUT2D eigenvalue weighted by molar-refractivity contribution is 0.810. The van der Waals surface area contributed by atoms with E-state index in [2.05, 4.69) is 54.7 Å². The van der Waals surface area contributed by atoms with Crippen molar-refractivity contribution in [2.45, 2.75) is 13.5 Å². The Morgan fingerprint density at radius 1 is 1.26 bits per heavy atom. The molecule has 1 aromatic heterocycles. The molecule has 1 heterocycles. The van der Waals surface area contributed by atoms with Crippen LogP contribution in [0.1, 0.15) is 12.5 Å². The number of anilines is 2. The first kappa shape index (κ1) is 14.3. The average Bonchev–Trinajstić information content (AvgIpc) is 2.37. The van der Waals surface area contributed by atoms with Crippen molar-refractivity contribution < 1.29 is 0 Å². The Morgan fingerprint density at radius 2 is 2.05 bits per heavy atom. The molecule has 0 amide bonds. The topological polar surface area (TPSA) is 42.1 Å². The number of benzene rings is 1. The molecule has 2 rings (SSSR count). The summed E-state index contributed by atoms with van der Waals surface area (Å²) in [6, 6.07) is 9.95. The average molecular weight is 385 g/mol. The van der Waals surface area contributed by atoms with Crippen LogP contribution in [-0.2, 0) is 6.54 Å². The van der Waals surface area contributed by atoms with Crippen LogP contribution < -0.4 is 10.6 Å². The molecule has 0 bridgehead atoms. The Bertz CT molecular complexity index is 572. The zero-order chi connectivity index (χ0) is 13.8. The SMILES string of the molecule is CCN(Cc1cccc(N)c1)c1ncc(Br)cc1Br. The van der Waals surface area contributed by atoms with Crippen molar-refractivity contribution in [3.05, 3.63) is 51.0 Å². The fraction of sp³-hybridized carbons (Fsp3) is 0.214. The van der Waals surface area contributed by atoms with Gasteiger partial charge in [-0.15, -0.1) is 0 Å². The molecule has 5 heteroatoms. The van der Waals surface area contributed by atoms with Gasteiger partial charge in [-0.2, -0.15) is 0 Å². The molecule has 0 saturated heterocycles. The summed E-state index contributed by atoms with van der Waals surface area (Å²) in [5.41, 5.74) is 7.78. The van der Waals surface area contributed by atoms with Crippen molar-refractivity contribution in [3.8, 4) is 0 Å². The van der Waals surface area contributed by atoms with E-state index < -0.39 is 0 Å². The molecule has 1 aromatic carbocycles. The molecule has 2 N–H and O–H groups in total. The molecule has 2 aromatic rings. The lowest BCUT2D eigenvalue weighted by Crippen LogP contribution is -2.23. The van der Waals surface area contributed by atoms with Crippen molar-refractivity contribution in [1.29, 1.82) is 0 Å². The number of nitrogens with two attached hydrogens (primary N) is 1. The van der Waals surface area contributed by atoms with Gasteiger partial charge in [0.15, 0.2) is 0 Å². The van der Waals surface area contributed by atoms with Crippen LogP contribution in [0, 0.1) is 0 Å². The van der Waals surface area contributed by atoms with E-state index in [9.17, 15) is 0 Å². The van der Waals surface area contributed by atoms with E-state index in [1.54, 1.807) is 0 Å². The standard InChI is InChI=1S/C14H15Br2N3/c1-2-19(9-10-4-3-5-12(17)6-10)14-13(16)7-11(15)8-18-14/h3-8H,2,9,17H2,1H3. The first-order valence-corrected chi connectivity index (χ1v) is 7.59. The summed E-state index contributed by atoms with van der Waals surface area (Å²) < 4.78 is 1.94. The van der Waals surface area contributed by atoms with Crippen molar-refractivity contribution in [2.75, 3.05) is 17.2 Å². The number of rotatable bonds is 4. The number of nitrogens with zero attached hydrogens (tertiary/aromatic N) is 2. The highest BCUT2D eigenvalue weighted by Crippen LogP contribution is 2.27. The van der Waals surface area contributed by atoms with E-state index in [-0.39, 0.29) is 0 Å². The number of halogens is 2. The normalized spacial score (nSPS) is 10.5. The molecule has 0 aliphatic rings. The Labute approximate surface area is 130 Å². The summed E-state index contributed by atoms with van der Waals surface area (Å²) in [6.07, 6.45) is 1.81. The maximum absolute atomic E-state index is 5.81. The number of pyridine rings is 1. The van der Waals surface area contributed by atoms with E-state index in [1.165, 1.54) is 5.56 Å². The molecule has 0 radical (unpaired) electrons. The third kappa shape index (κ3) is 3.70. The van der Waals surface area contributed by atoms with Gasteiger partial charge in [-0.3, -0.25) is 0 Å². The summed E-state index contributed by atoms with van der Waals surface area (Å²) in [5.74, 6) is 0.938. The maximum Gasteiger partial charge on any atom is 0.143 e. The highest BCUT2D eigenvalue weighted by atomic mass is 79.9. The monoisotopic (exact) mass is 383 g/mol. The predicted octanol–water partition coefficient (Wildman–Crippen LogP) is 4.22. The van der Waals surface area contributed by atoms with E-state index in [4.69, 9.17) is 5.73 Å². The van der Waals surface area contributed by atoms with Crippen LogP contribution in [0.3, 0.4) is 0 Å². The minimum Gasteiger partial charge on any atom is -0.399 e. The van der Waals surface area contributed by atoms with Gasteiger partial charge >= 0.3 is 0 Å². The van der Waals surface area contributed by atoms with Crippen LogP contribution in [0.25, 0.3) is 0 Å². The minimum absolute atomic E-state index is 0.786. The Balaban J connectivity index is 2.25. The quantitative estimate of drug-likeness (QED) is 0.802. The van der Waals surface area contributed by atoms with E-state index in [0.717, 1.165) is 33.5 Å². The molecular formula is C14H15Br2N3. The molecule has 0 aliphatic carbocycles. The van der Waals surface area contributed by atoms with Crippen molar-refractivity contribution in [1.82, 2.24) is 4.98 Å². The van der Waals surface area contributed by atoms with Crippen LogP contribution in [-0.4, -0.2) is 11.5 Å². The second kappa shape index (κ2) is 6.39. The molecule has 0 saturated carbocycles. The predicted molar refractivity (Wildman–Crippen MR) is 87.2 cm³/mol. The third-order valence-electron chi connectivity index (χ3n) is 2.79. The smallest absolute Gasteiger partial charge is 0.143 e. The first-order chi connectivity index (χ1) is 9.10. The number of nitrogen functional groups attached to an aromatic ring is 1. The molecule has 100 valence electrons. The highest BCUT2D eigenvalue weighted by Gasteiger charge is 2.11. The fourth-order valence-corrected chi connectivity index (χ4v) is 3.13. The Morgan fingerprint density at radius 3 is 2.68 bits per heavy atom. The van der Waals surface area contributed by atoms with Crippen molar-refractivity contribution in [2.24, 2.45) is 0 Å². The van der Waals surface area contributed by atoms with Gasteiger partial charge in [-0.05, 0) is 62.5 Å². The molecule has 3 nitrogen and oxygen atoms in total. The molecule has 0 atom stereocenters. The van der Waals surface area contributed by atoms with Crippen LogP contribution in [0.2, 0.25) is 0 Å². The fourth-order valence-electron chi connectivity index (χ4n) is 1.89. The third-order valence-corrected chi connectivity index (χ3v) is 3.81. The summed E-state index contributed by atoms with van der Waals surface area (Å²) in [7, 11) is 0. The number of hydrogen-bond donors (Lipinski definition) is 1. The largest absolute Gasteiger partial charge is 0.399 e. The summed E-state index contributed by atoms with van der Waals surface area (Å²) in [6.45, 7) is 3.78. The number of hydrogen-bond acceptors (Lipinski definition) is 3. The van der Waals surface area contributed by atoms with Gasteiger partial charge in [0.2, 0.25) is 0 Å². The highest BCUT2D eigenvalue weighted by molar-refractivity contribution is 9.11. The second-order valence-electron chi connectivity index (χ2n) is 4.22.